The molecule has 5 nitrogen and oxygen atoms in total. The zero-order valence-corrected chi connectivity index (χ0v) is 10.3. The Morgan fingerprint density at radius 3 is 2.86 bits per heavy atom. The molecular formula is C7H11BrN4OS. The van der Waals surface area contributed by atoms with E-state index in [0.717, 1.165) is 3.92 Å². The van der Waals surface area contributed by atoms with Gasteiger partial charge in [0.1, 0.15) is 0 Å². The molecule has 0 aliphatic rings. The van der Waals surface area contributed by atoms with Crippen molar-refractivity contribution in [2.45, 2.75) is 19.4 Å². The molecule has 1 aromatic rings. The molecular weight excluding hydrogens is 268 g/mol. The average Bonchev–Trinajstić information content (AvgIpc) is 2.50. The van der Waals surface area contributed by atoms with Crippen LogP contribution in [0.25, 0.3) is 0 Å². The second kappa shape index (κ2) is 5.26. The van der Waals surface area contributed by atoms with Gasteiger partial charge in [0.25, 0.3) is 0 Å². The summed E-state index contributed by atoms with van der Waals surface area (Å²) in [6.07, 6.45) is 0.424. The van der Waals surface area contributed by atoms with Crippen LogP contribution in [-0.4, -0.2) is 29.2 Å². The van der Waals surface area contributed by atoms with Gasteiger partial charge in [-0.1, -0.05) is 11.3 Å². The summed E-state index contributed by atoms with van der Waals surface area (Å²) in [5.74, 6) is 0.00795. The lowest BCUT2D eigenvalue weighted by atomic mass is 10.2. The van der Waals surface area contributed by atoms with Gasteiger partial charge >= 0.3 is 0 Å². The van der Waals surface area contributed by atoms with Crippen molar-refractivity contribution in [2.24, 2.45) is 0 Å². The van der Waals surface area contributed by atoms with Crippen LogP contribution in [0.4, 0.5) is 5.13 Å². The molecule has 1 aromatic heterocycles. The first-order valence-corrected chi connectivity index (χ1v) is 5.69. The molecule has 0 saturated heterocycles. The Kier molecular flexibility index (Phi) is 4.27. The van der Waals surface area contributed by atoms with Gasteiger partial charge < -0.3 is 10.6 Å². The molecule has 0 saturated carbocycles. The fourth-order valence-corrected chi connectivity index (χ4v) is 2.03. The number of nitrogens with zero attached hydrogens (tertiary/aromatic N) is 2. The molecule has 1 rings (SSSR count). The molecule has 1 amide bonds. The maximum absolute atomic E-state index is 11.0. The fraction of sp³-hybridized carbons (Fsp3) is 0.571. The molecule has 1 heterocycles. The lowest BCUT2D eigenvalue weighted by Gasteiger charge is -2.10. The highest BCUT2D eigenvalue weighted by Gasteiger charge is 2.09. The summed E-state index contributed by atoms with van der Waals surface area (Å²) >= 11 is 4.61. The number of hydrogen-bond acceptors (Lipinski definition) is 5. The Balaban J connectivity index is 2.41. The molecule has 14 heavy (non-hydrogen) atoms. The van der Waals surface area contributed by atoms with E-state index in [2.05, 4.69) is 36.8 Å². The Morgan fingerprint density at radius 1 is 1.64 bits per heavy atom. The molecule has 2 N–H and O–H groups in total. The van der Waals surface area contributed by atoms with Gasteiger partial charge in [-0.25, -0.2) is 0 Å². The smallest absolute Gasteiger partial charge is 0.221 e. The monoisotopic (exact) mass is 278 g/mol. The number of halogens is 1. The first kappa shape index (κ1) is 11.4. The number of nitrogens with one attached hydrogen (secondary N) is 2. The average molecular weight is 279 g/mol. The molecule has 0 radical (unpaired) electrons. The van der Waals surface area contributed by atoms with Gasteiger partial charge in [0.2, 0.25) is 11.0 Å². The normalized spacial score (nSPS) is 12.2. The van der Waals surface area contributed by atoms with Crippen molar-refractivity contribution in [2.75, 3.05) is 12.4 Å². The summed E-state index contributed by atoms with van der Waals surface area (Å²) in [6.45, 7) is 1.92. The van der Waals surface area contributed by atoms with Crippen LogP contribution in [0.5, 0.6) is 0 Å². The predicted molar refractivity (Wildman–Crippen MR) is 59.4 cm³/mol. The largest absolute Gasteiger partial charge is 0.359 e. The summed E-state index contributed by atoms with van der Waals surface area (Å²) in [6, 6.07) is 0.0507. The summed E-state index contributed by atoms with van der Waals surface area (Å²) < 4.78 is 0.729. The highest BCUT2D eigenvalue weighted by atomic mass is 79.9. The van der Waals surface area contributed by atoms with Crippen molar-refractivity contribution >= 4 is 38.3 Å². The third-order valence-electron chi connectivity index (χ3n) is 1.54. The second-order valence-corrected chi connectivity index (χ2v) is 5.04. The van der Waals surface area contributed by atoms with E-state index >= 15 is 0 Å². The van der Waals surface area contributed by atoms with E-state index in [0.29, 0.717) is 11.6 Å². The predicted octanol–water partition coefficient (Wildman–Crippen LogP) is 1.24. The lowest BCUT2D eigenvalue weighted by molar-refractivity contribution is -0.120. The van der Waals surface area contributed by atoms with Crippen molar-refractivity contribution < 1.29 is 4.79 Å². The number of carbonyl (C=O) groups excluding carboxylic acids is 1. The Hall–Kier alpha value is -0.690. The van der Waals surface area contributed by atoms with Crippen molar-refractivity contribution in [3.63, 3.8) is 0 Å². The quantitative estimate of drug-likeness (QED) is 0.870. The SMILES string of the molecule is CNC(=O)CC(C)Nc1nnc(Br)s1. The topological polar surface area (TPSA) is 66.9 Å². The standard InChI is InChI=1S/C7H11BrN4OS/c1-4(3-5(13)9-2)10-7-12-11-6(8)14-7/h4H,3H2,1-2H3,(H,9,13)(H,10,12). The van der Waals surface area contributed by atoms with E-state index in [9.17, 15) is 4.79 Å². The summed E-state index contributed by atoms with van der Waals surface area (Å²) in [5, 5.41) is 14.0. The summed E-state index contributed by atoms with van der Waals surface area (Å²) in [4.78, 5) is 11.0. The van der Waals surface area contributed by atoms with Crippen LogP contribution in [0.3, 0.4) is 0 Å². The first-order chi connectivity index (χ1) is 6.61. The van der Waals surface area contributed by atoms with E-state index < -0.39 is 0 Å². The van der Waals surface area contributed by atoms with Crippen molar-refractivity contribution in [3.8, 4) is 0 Å². The van der Waals surface area contributed by atoms with Crippen molar-refractivity contribution in [1.29, 1.82) is 0 Å². The van der Waals surface area contributed by atoms with Crippen molar-refractivity contribution in [1.82, 2.24) is 15.5 Å². The first-order valence-electron chi connectivity index (χ1n) is 4.08. The summed E-state index contributed by atoms with van der Waals surface area (Å²) in [5.41, 5.74) is 0. The van der Waals surface area contributed by atoms with Crippen LogP contribution < -0.4 is 10.6 Å². The molecule has 78 valence electrons. The molecule has 0 fully saturated rings. The van der Waals surface area contributed by atoms with Crippen LogP contribution in [0.2, 0.25) is 0 Å². The fourth-order valence-electron chi connectivity index (χ4n) is 0.906. The van der Waals surface area contributed by atoms with Gasteiger partial charge in [0.15, 0.2) is 3.92 Å². The van der Waals surface area contributed by atoms with Gasteiger partial charge in [-0.05, 0) is 22.9 Å². The Bertz CT molecular complexity index is 316. The van der Waals surface area contributed by atoms with Gasteiger partial charge in [0, 0.05) is 19.5 Å². The van der Waals surface area contributed by atoms with Crippen LogP contribution in [0, 0.1) is 0 Å². The van der Waals surface area contributed by atoms with Crippen LogP contribution >= 0.6 is 27.3 Å². The number of aromatic nitrogens is 2. The minimum absolute atomic E-state index is 0.00795. The van der Waals surface area contributed by atoms with Crippen LogP contribution in [0.1, 0.15) is 13.3 Å². The molecule has 0 aliphatic heterocycles. The van der Waals surface area contributed by atoms with Gasteiger partial charge in [-0.15, -0.1) is 10.2 Å². The van der Waals surface area contributed by atoms with Gasteiger partial charge in [-0.3, -0.25) is 4.79 Å². The highest BCUT2D eigenvalue weighted by Crippen LogP contribution is 2.20. The molecule has 1 atom stereocenters. The van der Waals surface area contributed by atoms with E-state index in [4.69, 9.17) is 0 Å². The lowest BCUT2D eigenvalue weighted by Crippen LogP contribution is -2.26. The highest BCUT2D eigenvalue weighted by molar-refractivity contribution is 9.11. The van der Waals surface area contributed by atoms with Gasteiger partial charge in [0.05, 0.1) is 0 Å². The minimum atomic E-state index is 0.00795. The number of amides is 1. The third kappa shape index (κ3) is 3.59. The van der Waals surface area contributed by atoms with E-state index in [1.54, 1.807) is 7.05 Å². The zero-order valence-electron chi connectivity index (χ0n) is 7.87. The molecule has 1 unspecified atom stereocenters. The Labute approximate surface area is 94.4 Å². The molecule has 0 aromatic carbocycles. The van der Waals surface area contributed by atoms with Crippen LogP contribution in [-0.2, 0) is 4.79 Å². The number of rotatable bonds is 4. The van der Waals surface area contributed by atoms with E-state index in [-0.39, 0.29) is 11.9 Å². The molecule has 0 bridgehead atoms. The number of hydrogen-bond donors (Lipinski definition) is 2. The maximum Gasteiger partial charge on any atom is 0.221 e. The molecule has 0 spiro atoms. The van der Waals surface area contributed by atoms with Gasteiger partial charge in [-0.2, -0.15) is 0 Å². The molecule has 7 heteroatoms. The van der Waals surface area contributed by atoms with E-state index in [1.807, 2.05) is 6.92 Å². The Morgan fingerprint density at radius 2 is 2.36 bits per heavy atom. The molecule has 0 aliphatic carbocycles. The number of anilines is 1. The number of carbonyl (C=O) groups is 1. The maximum atomic E-state index is 11.0. The van der Waals surface area contributed by atoms with Crippen LogP contribution in [0.15, 0.2) is 3.92 Å². The minimum Gasteiger partial charge on any atom is -0.359 e. The summed E-state index contributed by atoms with van der Waals surface area (Å²) in [7, 11) is 1.62. The van der Waals surface area contributed by atoms with E-state index in [1.165, 1.54) is 11.3 Å². The second-order valence-electron chi connectivity index (χ2n) is 2.78. The van der Waals surface area contributed by atoms with Crippen molar-refractivity contribution in [3.05, 3.63) is 3.92 Å². The third-order valence-corrected chi connectivity index (χ3v) is 2.83. The zero-order chi connectivity index (χ0) is 10.6.